The topological polar surface area (TPSA) is 85.0 Å². The van der Waals surface area contributed by atoms with Gasteiger partial charge in [0.1, 0.15) is 5.69 Å². The summed E-state index contributed by atoms with van der Waals surface area (Å²) in [6.07, 6.45) is 6.28. The summed E-state index contributed by atoms with van der Waals surface area (Å²) in [5, 5.41) is 11.6. The maximum atomic E-state index is 13.4. The van der Waals surface area contributed by atoms with Gasteiger partial charge in [0.05, 0.1) is 17.4 Å². The maximum absolute atomic E-state index is 13.4. The summed E-state index contributed by atoms with van der Waals surface area (Å²) < 4.78 is 1.69. The van der Waals surface area contributed by atoms with E-state index >= 15 is 0 Å². The number of nitrogens with two attached hydrogens (primary N) is 1. The Morgan fingerprint density at radius 1 is 0.946 bits per heavy atom. The smallest absolute Gasteiger partial charge is 0.274 e. The third-order valence-electron chi connectivity index (χ3n) is 7.07. The van der Waals surface area contributed by atoms with Gasteiger partial charge >= 0.3 is 0 Å². The van der Waals surface area contributed by atoms with Gasteiger partial charge in [-0.25, -0.2) is 4.68 Å². The van der Waals surface area contributed by atoms with Gasteiger partial charge in [-0.3, -0.25) is 4.79 Å². The molecule has 1 aromatic heterocycles. The standard InChI is InChI=1S/C31H35N5O/c1-22-18-29(36(35-22)28-17-8-10-23(19-28)21-32)31(37)34-27-16-9-13-25(20-27)30(24-11-4-2-5-12-24)33-26-14-6-3-7-15-26/h2,4-5,8-13,16-20,26,30,33H,3,6-7,14-15,21,32H2,1H3,(H,34,37). The van der Waals surface area contributed by atoms with Gasteiger partial charge < -0.3 is 16.4 Å². The molecule has 1 atom stereocenters. The number of nitrogens with one attached hydrogen (secondary N) is 2. The van der Waals surface area contributed by atoms with Crippen LogP contribution in [0.25, 0.3) is 5.69 Å². The highest BCUT2D eigenvalue weighted by Gasteiger charge is 2.22. The first-order valence-electron chi connectivity index (χ1n) is 13.2. The minimum atomic E-state index is -0.201. The number of hydrogen-bond acceptors (Lipinski definition) is 4. The monoisotopic (exact) mass is 493 g/mol. The average Bonchev–Trinajstić information content (AvgIpc) is 3.35. The van der Waals surface area contributed by atoms with E-state index in [1.54, 1.807) is 4.68 Å². The van der Waals surface area contributed by atoms with Crippen LogP contribution in [0, 0.1) is 6.92 Å². The van der Waals surface area contributed by atoms with E-state index in [0.29, 0.717) is 18.3 Å². The van der Waals surface area contributed by atoms with E-state index in [4.69, 9.17) is 5.73 Å². The lowest BCUT2D eigenvalue weighted by molar-refractivity contribution is 0.101. The third-order valence-corrected chi connectivity index (χ3v) is 7.07. The molecule has 3 aromatic carbocycles. The minimum Gasteiger partial charge on any atom is -0.326 e. The number of carbonyl (C=O) groups excluding carboxylic acids is 1. The lowest BCUT2D eigenvalue weighted by Gasteiger charge is -2.29. The Kier molecular flexibility index (Phi) is 7.78. The molecule has 0 aliphatic heterocycles. The molecule has 5 rings (SSSR count). The van der Waals surface area contributed by atoms with Gasteiger partial charge in [-0.05, 0) is 66.8 Å². The van der Waals surface area contributed by atoms with Gasteiger partial charge in [-0.2, -0.15) is 5.10 Å². The van der Waals surface area contributed by atoms with Gasteiger partial charge in [0.25, 0.3) is 5.91 Å². The molecule has 0 bridgehead atoms. The Hall–Kier alpha value is -3.74. The Morgan fingerprint density at radius 3 is 2.49 bits per heavy atom. The fraction of sp³-hybridized carbons (Fsp3) is 0.290. The van der Waals surface area contributed by atoms with E-state index in [2.05, 4.69) is 52.1 Å². The highest BCUT2D eigenvalue weighted by molar-refractivity contribution is 6.03. The van der Waals surface area contributed by atoms with E-state index < -0.39 is 0 Å². The molecule has 0 saturated heterocycles. The second kappa shape index (κ2) is 11.5. The SMILES string of the molecule is Cc1cc(C(=O)Nc2cccc(C(NC3CCCCC3)c3ccccc3)c2)n(-c2cccc(CN)c2)n1. The fourth-order valence-electron chi connectivity index (χ4n) is 5.20. The second-order valence-electron chi connectivity index (χ2n) is 9.88. The van der Waals surface area contributed by atoms with Crippen molar-refractivity contribution in [2.24, 2.45) is 5.73 Å². The molecular weight excluding hydrogens is 458 g/mol. The van der Waals surface area contributed by atoms with Crippen molar-refractivity contribution in [1.82, 2.24) is 15.1 Å². The average molecular weight is 494 g/mol. The van der Waals surface area contributed by atoms with Crippen molar-refractivity contribution in [1.29, 1.82) is 0 Å². The molecule has 1 aliphatic rings. The van der Waals surface area contributed by atoms with E-state index in [1.165, 1.54) is 37.7 Å². The normalized spacial score (nSPS) is 14.9. The molecule has 1 amide bonds. The second-order valence-corrected chi connectivity index (χ2v) is 9.88. The van der Waals surface area contributed by atoms with Crippen LogP contribution in [0.4, 0.5) is 5.69 Å². The number of rotatable bonds is 8. The summed E-state index contributed by atoms with van der Waals surface area (Å²) in [5.74, 6) is -0.201. The molecule has 6 nitrogen and oxygen atoms in total. The predicted octanol–water partition coefficient (Wildman–Crippen LogP) is 5.90. The molecule has 1 saturated carbocycles. The lowest BCUT2D eigenvalue weighted by Crippen LogP contribution is -2.35. The predicted molar refractivity (Wildman–Crippen MR) is 149 cm³/mol. The van der Waals surface area contributed by atoms with Crippen LogP contribution in [-0.2, 0) is 6.54 Å². The zero-order chi connectivity index (χ0) is 25.6. The summed E-state index contributed by atoms with van der Waals surface area (Å²) in [6.45, 7) is 2.32. The molecule has 37 heavy (non-hydrogen) atoms. The minimum absolute atomic E-state index is 0.0629. The molecule has 4 aromatic rings. The molecule has 190 valence electrons. The van der Waals surface area contributed by atoms with Crippen molar-refractivity contribution in [3.05, 3.63) is 113 Å². The maximum Gasteiger partial charge on any atom is 0.274 e. The summed E-state index contributed by atoms with van der Waals surface area (Å²) in [4.78, 5) is 13.4. The fourth-order valence-corrected chi connectivity index (χ4v) is 5.20. The number of hydrogen-bond donors (Lipinski definition) is 3. The Morgan fingerprint density at radius 2 is 1.70 bits per heavy atom. The van der Waals surface area contributed by atoms with Crippen LogP contribution >= 0.6 is 0 Å². The molecular formula is C31H35N5O. The number of benzene rings is 3. The summed E-state index contributed by atoms with van der Waals surface area (Å²) >= 11 is 0. The molecule has 4 N–H and O–H groups in total. The molecule has 0 spiro atoms. The van der Waals surface area contributed by atoms with Crippen LogP contribution in [0.2, 0.25) is 0 Å². The lowest BCUT2D eigenvalue weighted by atomic mass is 9.92. The zero-order valence-corrected chi connectivity index (χ0v) is 21.4. The number of nitrogens with zero attached hydrogens (tertiary/aromatic N) is 2. The van der Waals surface area contributed by atoms with Crippen LogP contribution in [0.3, 0.4) is 0 Å². The number of aryl methyl sites for hydroxylation is 1. The molecule has 6 heteroatoms. The van der Waals surface area contributed by atoms with Crippen molar-refractivity contribution in [2.75, 3.05) is 5.32 Å². The number of amides is 1. The highest BCUT2D eigenvalue weighted by atomic mass is 16.2. The van der Waals surface area contributed by atoms with Crippen molar-refractivity contribution in [3.63, 3.8) is 0 Å². The number of anilines is 1. The Bertz CT molecular complexity index is 1340. The molecule has 1 unspecified atom stereocenters. The molecule has 1 aliphatic carbocycles. The molecule has 0 radical (unpaired) electrons. The van der Waals surface area contributed by atoms with Gasteiger partial charge in [0.2, 0.25) is 0 Å². The van der Waals surface area contributed by atoms with Crippen LogP contribution in [-0.4, -0.2) is 21.7 Å². The van der Waals surface area contributed by atoms with E-state index in [1.807, 2.05) is 55.5 Å². The van der Waals surface area contributed by atoms with Crippen molar-refractivity contribution in [3.8, 4) is 5.69 Å². The van der Waals surface area contributed by atoms with Crippen LogP contribution in [0.1, 0.15) is 71.0 Å². The summed E-state index contributed by atoms with van der Waals surface area (Å²) in [7, 11) is 0. The molecule has 1 heterocycles. The Labute approximate surface area is 218 Å². The summed E-state index contributed by atoms with van der Waals surface area (Å²) in [6, 6.07) is 28.9. The summed E-state index contributed by atoms with van der Waals surface area (Å²) in [5.41, 5.74) is 12.0. The van der Waals surface area contributed by atoms with Gasteiger partial charge in [-0.1, -0.05) is 73.9 Å². The quantitative estimate of drug-likeness (QED) is 0.285. The van der Waals surface area contributed by atoms with Crippen LogP contribution in [0.15, 0.2) is 84.9 Å². The van der Waals surface area contributed by atoms with Crippen molar-refractivity contribution >= 4 is 11.6 Å². The van der Waals surface area contributed by atoms with E-state index in [-0.39, 0.29) is 11.9 Å². The first-order valence-corrected chi connectivity index (χ1v) is 13.2. The largest absolute Gasteiger partial charge is 0.326 e. The number of aromatic nitrogens is 2. The van der Waals surface area contributed by atoms with Crippen LogP contribution < -0.4 is 16.4 Å². The first kappa shape index (κ1) is 24.9. The van der Waals surface area contributed by atoms with Crippen molar-refractivity contribution < 1.29 is 4.79 Å². The van der Waals surface area contributed by atoms with E-state index in [9.17, 15) is 4.79 Å². The Balaban J connectivity index is 1.41. The van der Waals surface area contributed by atoms with Crippen LogP contribution in [0.5, 0.6) is 0 Å². The third kappa shape index (κ3) is 5.98. The highest BCUT2D eigenvalue weighted by Crippen LogP contribution is 2.28. The van der Waals surface area contributed by atoms with Crippen molar-refractivity contribution in [2.45, 2.75) is 57.7 Å². The van der Waals surface area contributed by atoms with Gasteiger partial charge in [0.15, 0.2) is 0 Å². The molecule has 1 fully saturated rings. The van der Waals surface area contributed by atoms with Gasteiger partial charge in [-0.15, -0.1) is 0 Å². The van der Waals surface area contributed by atoms with E-state index in [0.717, 1.165) is 28.2 Å². The number of carbonyl (C=O) groups is 1. The van der Waals surface area contributed by atoms with Gasteiger partial charge in [0, 0.05) is 18.3 Å². The first-order chi connectivity index (χ1) is 18.1. The zero-order valence-electron chi connectivity index (χ0n) is 21.4.